The monoisotopic (exact) mass is 222 g/mol. The molecule has 2 rings (SSSR count). The molecular weight excluding hydrogens is 200 g/mol. The molecule has 0 unspecified atom stereocenters. The molecule has 1 aliphatic heterocycles. The molecule has 4 nitrogen and oxygen atoms in total. The van der Waals surface area contributed by atoms with Crippen LogP contribution in [-0.4, -0.2) is 39.8 Å². The summed E-state index contributed by atoms with van der Waals surface area (Å²) >= 11 is 0. The van der Waals surface area contributed by atoms with Gasteiger partial charge in [-0.05, 0) is 53.8 Å². The molecule has 1 fully saturated rings. The molecule has 0 amide bonds. The molecule has 16 heavy (non-hydrogen) atoms. The molecule has 0 spiro atoms. The highest BCUT2D eigenvalue weighted by Crippen LogP contribution is 2.25. The van der Waals surface area contributed by atoms with Crippen molar-refractivity contribution in [2.24, 2.45) is 0 Å². The first-order valence-corrected chi connectivity index (χ1v) is 6.07. The summed E-state index contributed by atoms with van der Waals surface area (Å²) in [4.78, 5) is 6.84. The van der Waals surface area contributed by atoms with Gasteiger partial charge in [0.2, 0.25) is 0 Å². The second-order valence-corrected chi connectivity index (χ2v) is 5.80. The topological polar surface area (TPSA) is 34.0 Å². The Morgan fingerprint density at radius 2 is 1.88 bits per heavy atom. The Morgan fingerprint density at radius 1 is 1.25 bits per heavy atom. The van der Waals surface area contributed by atoms with E-state index in [-0.39, 0.29) is 5.54 Å². The zero-order valence-corrected chi connectivity index (χ0v) is 10.8. The van der Waals surface area contributed by atoms with E-state index < -0.39 is 0 Å². The van der Waals surface area contributed by atoms with E-state index in [1.54, 1.807) is 0 Å². The van der Waals surface area contributed by atoms with Crippen LogP contribution in [0.4, 0.5) is 0 Å². The van der Waals surface area contributed by atoms with E-state index >= 15 is 0 Å². The highest BCUT2D eigenvalue weighted by molar-refractivity contribution is 4.97. The molecule has 1 aliphatic rings. The lowest BCUT2D eigenvalue weighted by atomic mass is 9.97. The van der Waals surface area contributed by atoms with Gasteiger partial charge < -0.3 is 4.90 Å². The Bertz CT molecular complexity index is 342. The molecule has 0 saturated carbocycles. The van der Waals surface area contributed by atoms with Gasteiger partial charge in [-0.25, -0.2) is 9.67 Å². The maximum Gasteiger partial charge on any atom is 0.153 e. The number of rotatable bonds is 1. The average molecular weight is 222 g/mol. The lowest BCUT2D eigenvalue weighted by Crippen LogP contribution is -2.30. The summed E-state index contributed by atoms with van der Waals surface area (Å²) in [6.45, 7) is 8.78. The van der Waals surface area contributed by atoms with Gasteiger partial charge in [-0.1, -0.05) is 0 Å². The third-order valence-corrected chi connectivity index (χ3v) is 3.28. The van der Waals surface area contributed by atoms with Gasteiger partial charge >= 0.3 is 0 Å². The highest BCUT2D eigenvalue weighted by atomic mass is 15.4. The number of aromatic nitrogens is 3. The van der Waals surface area contributed by atoms with Gasteiger partial charge in [-0.3, -0.25) is 0 Å². The predicted molar refractivity (Wildman–Crippen MR) is 64.5 cm³/mol. The van der Waals surface area contributed by atoms with Crippen LogP contribution >= 0.6 is 0 Å². The fraction of sp³-hybridized carbons (Fsp3) is 0.833. The maximum absolute atomic E-state index is 4.62. The van der Waals surface area contributed by atoms with Crippen molar-refractivity contribution in [3.05, 3.63) is 12.2 Å². The molecule has 4 heteroatoms. The van der Waals surface area contributed by atoms with Gasteiger partial charge in [0.15, 0.2) is 5.82 Å². The summed E-state index contributed by atoms with van der Waals surface area (Å²) in [5.74, 6) is 1.59. The largest absolute Gasteiger partial charge is 0.306 e. The zero-order chi connectivity index (χ0) is 11.8. The van der Waals surface area contributed by atoms with Gasteiger partial charge in [0.05, 0.1) is 5.54 Å². The molecule has 0 atom stereocenters. The van der Waals surface area contributed by atoms with E-state index in [9.17, 15) is 0 Å². The standard InChI is InChI=1S/C12H22N4/c1-12(2,3)16-9-13-11(14-16)10-5-7-15(4)8-6-10/h9-10H,5-8H2,1-4H3. The van der Waals surface area contributed by atoms with Crippen LogP contribution in [0.15, 0.2) is 6.33 Å². The molecule has 2 heterocycles. The fourth-order valence-electron chi connectivity index (χ4n) is 2.05. The number of hydrogen-bond donors (Lipinski definition) is 0. The van der Waals surface area contributed by atoms with Crippen molar-refractivity contribution in [2.75, 3.05) is 20.1 Å². The van der Waals surface area contributed by atoms with Crippen molar-refractivity contribution in [3.63, 3.8) is 0 Å². The molecule has 0 bridgehead atoms. The minimum Gasteiger partial charge on any atom is -0.306 e. The van der Waals surface area contributed by atoms with Crippen molar-refractivity contribution >= 4 is 0 Å². The average Bonchev–Trinajstić information content (AvgIpc) is 2.67. The molecule has 1 aromatic rings. The summed E-state index contributed by atoms with van der Waals surface area (Å²) in [7, 11) is 2.18. The first-order valence-electron chi connectivity index (χ1n) is 6.07. The number of nitrogens with zero attached hydrogens (tertiary/aromatic N) is 4. The molecule has 0 aromatic carbocycles. The molecule has 0 aliphatic carbocycles. The van der Waals surface area contributed by atoms with E-state index in [1.165, 1.54) is 12.8 Å². The lowest BCUT2D eigenvalue weighted by molar-refractivity contribution is 0.249. The maximum atomic E-state index is 4.62. The third-order valence-electron chi connectivity index (χ3n) is 3.28. The van der Waals surface area contributed by atoms with Crippen LogP contribution in [-0.2, 0) is 5.54 Å². The minimum absolute atomic E-state index is 0.0384. The van der Waals surface area contributed by atoms with E-state index in [2.05, 4.69) is 42.8 Å². The normalized spacial score (nSPS) is 20.2. The van der Waals surface area contributed by atoms with Crippen LogP contribution in [0.5, 0.6) is 0 Å². The van der Waals surface area contributed by atoms with Gasteiger partial charge in [0.25, 0.3) is 0 Å². The van der Waals surface area contributed by atoms with Gasteiger partial charge in [-0.15, -0.1) is 0 Å². The summed E-state index contributed by atoms with van der Waals surface area (Å²) < 4.78 is 1.97. The molecule has 0 radical (unpaired) electrons. The Morgan fingerprint density at radius 3 is 2.38 bits per heavy atom. The summed E-state index contributed by atoms with van der Waals surface area (Å²) in [5, 5.41) is 4.62. The van der Waals surface area contributed by atoms with Crippen molar-refractivity contribution in [2.45, 2.75) is 45.1 Å². The molecular formula is C12H22N4. The molecule has 90 valence electrons. The van der Waals surface area contributed by atoms with E-state index in [1.807, 2.05) is 11.0 Å². The summed E-state index contributed by atoms with van der Waals surface area (Å²) in [6, 6.07) is 0. The first-order chi connectivity index (χ1) is 7.47. The van der Waals surface area contributed by atoms with Crippen LogP contribution in [0.2, 0.25) is 0 Å². The summed E-state index contributed by atoms with van der Waals surface area (Å²) in [5.41, 5.74) is 0.0384. The van der Waals surface area contributed by atoms with Crippen LogP contribution in [0.3, 0.4) is 0 Å². The van der Waals surface area contributed by atoms with E-state index in [0.29, 0.717) is 5.92 Å². The number of likely N-dealkylation sites (tertiary alicyclic amines) is 1. The molecule has 0 N–H and O–H groups in total. The Balaban J connectivity index is 2.08. The lowest BCUT2D eigenvalue weighted by Gasteiger charge is -2.27. The van der Waals surface area contributed by atoms with Crippen molar-refractivity contribution in [3.8, 4) is 0 Å². The van der Waals surface area contributed by atoms with Gasteiger partial charge in [0, 0.05) is 5.92 Å². The van der Waals surface area contributed by atoms with Gasteiger partial charge in [0.1, 0.15) is 6.33 Å². The minimum atomic E-state index is 0.0384. The second-order valence-electron chi connectivity index (χ2n) is 5.80. The fourth-order valence-corrected chi connectivity index (χ4v) is 2.05. The number of piperidine rings is 1. The van der Waals surface area contributed by atoms with E-state index in [0.717, 1.165) is 18.9 Å². The second kappa shape index (κ2) is 4.17. The Hall–Kier alpha value is -0.900. The smallest absolute Gasteiger partial charge is 0.153 e. The van der Waals surface area contributed by atoms with Crippen molar-refractivity contribution in [1.82, 2.24) is 19.7 Å². The van der Waals surface area contributed by atoms with Crippen molar-refractivity contribution < 1.29 is 0 Å². The molecule has 1 aromatic heterocycles. The van der Waals surface area contributed by atoms with Crippen LogP contribution < -0.4 is 0 Å². The Labute approximate surface area is 97.7 Å². The van der Waals surface area contributed by atoms with Crippen molar-refractivity contribution in [1.29, 1.82) is 0 Å². The first kappa shape index (κ1) is 11.6. The SMILES string of the molecule is CN1CCC(c2ncn(C(C)(C)C)n2)CC1. The summed E-state index contributed by atoms with van der Waals surface area (Å²) in [6.07, 6.45) is 4.24. The third kappa shape index (κ3) is 2.43. The Kier molecular flexibility index (Phi) is 3.02. The van der Waals surface area contributed by atoms with Crippen LogP contribution in [0.1, 0.15) is 45.4 Å². The predicted octanol–water partition coefficient (Wildman–Crippen LogP) is 1.84. The van der Waals surface area contributed by atoms with Gasteiger partial charge in [-0.2, -0.15) is 5.10 Å². The van der Waals surface area contributed by atoms with Crippen LogP contribution in [0.25, 0.3) is 0 Å². The van der Waals surface area contributed by atoms with E-state index in [4.69, 9.17) is 0 Å². The molecule has 1 saturated heterocycles. The highest BCUT2D eigenvalue weighted by Gasteiger charge is 2.23. The quantitative estimate of drug-likeness (QED) is 0.727. The number of hydrogen-bond acceptors (Lipinski definition) is 3. The zero-order valence-electron chi connectivity index (χ0n) is 10.8. The van der Waals surface area contributed by atoms with Crippen LogP contribution in [0, 0.1) is 0 Å².